The Kier molecular flexibility index (Phi) is 3.94. The first kappa shape index (κ1) is 15.3. The topological polar surface area (TPSA) is 94.5 Å². The van der Waals surface area contributed by atoms with Crippen molar-refractivity contribution in [1.82, 2.24) is 4.98 Å². The molecule has 1 heterocycles. The average Bonchev–Trinajstić information content (AvgIpc) is 2.53. The molecule has 0 saturated heterocycles. The van der Waals surface area contributed by atoms with Gasteiger partial charge < -0.3 is 14.5 Å². The van der Waals surface area contributed by atoms with Crippen molar-refractivity contribution < 1.29 is 14.4 Å². The van der Waals surface area contributed by atoms with E-state index in [0.29, 0.717) is 41.7 Å². The summed E-state index contributed by atoms with van der Waals surface area (Å²) in [5.41, 5.74) is 2.15. The summed E-state index contributed by atoms with van der Waals surface area (Å²) in [6.45, 7) is -0.0640. The number of H-pyrrole nitrogens is 1. The number of fused-ring (bicyclic) bond motifs is 2. The van der Waals surface area contributed by atoms with E-state index >= 15 is 0 Å². The normalized spacial score (nSPS) is 16.9. The molecule has 0 amide bonds. The molecular formula is C16H18N2O5. The molecule has 0 radical (unpaired) electrons. The Labute approximate surface area is 132 Å². The number of pyridine rings is 1. The number of benzene rings is 1. The summed E-state index contributed by atoms with van der Waals surface area (Å²) in [5, 5.41) is 11.3. The van der Waals surface area contributed by atoms with Gasteiger partial charge in [-0.1, -0.05) is 0 Å². The van der Waals surface area contributed by atoms with E-state index in [-0.39, 0.29) is 22.8 Å². The van der Waals surface area contributed by atoms with Crippen molar-refractivity contribution in [2.24, 2.45) is 5.92 Å². The van der Waals surface area contributed by atoms with Crippen LogP contribution >= 0.6 is 0 Å². The average molecular weight is 318 g/mol. The Hall–Kier alpha value is -2.57. The zero-order chi connectivity index (χ0) is 16.6. The first-order chi connectivity index (χ1) is 11.0. The summed E-state index contributed by atoms with van der Waals surface area (Å²) in [7, 11) is 3.06. The summed E-state index contributed by atoms with van der Waals surface area (Å²) in [6.07, 6.45) is 1.75. The molecule has 122 valence electrons. The number of nitro groups is 1. The molecule has 1 aliphatic carbocycles. The second kappa shape index (κ2) is 5.91. The number of hydrogen-bond acceptors (Lipinski definition) is 5. The van der Waals surface area contributed by atoms with E-state index in [1.165, 1.54) is 14.2 Å². The summed E-state index contributed by atoms with van der Waals surface area (Å²) >= 11 is 0. The smallest absolute Gasteiger partial charge is 0.207 e. The van der Waals surface area contributed by atoms with Crippen LogP contribution in [0.4, 0.5) is 0 Å². The van der Waals surface area contributed by atoms with Crippen LogP contribution < -0.4 is 14.9 Å². The summed E-state index contributed by atoms with van der Waals surface area (Å²) in [4.78, 5) is 26.4. The first-order valence-corrected chi connectivity index (χ1v) is 7.45. The fourth-order valence-electron chi connectivity index (χ4n) is 3.25. The van der Waals surface area contributed by atoms with Crippen molar-refractivity contribution in [3.63, 3.8) is 0 Å². The van der Waals surface area contributed by atoms with Gasteiger partial charge in [0.1, 0.15) is 0 Å². The van der Waals surface area contributed by atoms with Crippen molar-refractivity contribution in [2.45, 2.75) is 19.3 Å². The largest absolute Gasteiger partial charge is 0.493 e. The molecule has 1 aliphatic rings. The van der Waals surface area contributed by atoms with Crippen molar-refractivity contribution in [3.05, 3.63) is 43.7 Å². The minimum absolute atomic E-state index is 0.0331. The van der Waals surface area contributed by atoms with Crippen LogP contribution in [0.2, 0.25) is 0 Å². The van der Waals surface area contributed by atoms with Crippen LogP contribution in [0.3, 0.4) is 0 Å². The molecule has 0 bridgehead atoms. The lowest BCUT2D eigenvalue weighted by molar-refractivity contribution is -0.488. The van der Waals surface area contributed by atoms with Crippen molar-refractivity contribution >= 4 is 10.9 Å². The van der Waals surface area contributed by atoms with Gasteiger partial charge >= 0.3 is 0 Å². The third-order valence-electron chi connectivity index (χ3n) is 4.39. The molecular weight excluding hydrogens is 300 g/mol. The van der Waals surface area contributed by atoms with E-state index in [9.17, 15) is 14.9 Å². The fourth-order valence-corrected chi connectivity index (χ4v) is 3.25. The zero-order valence-corrected chi connectivity index (χ0v) is 13.0. The van der Waals surface area contributed by atoms with Gasteiger partial charge in [0.15, 0.2) is 16.9 Å². The van der Waals surface area contributed by atoms with E-state index in [0.717, 1.165) is 11.3 Å². The predicted octanol–water partition coefficient (Wildman–Crippen LogP) is 1.93. The van der Waals surface area contributed by atoms with Gasteiger partial charge in [0.05, 0.1) is 19.7 Å². The van der Waals surface area contributed by atoms with E-state index < -0.39 is 0 Å². The molecule has 0 aliphatic heterocycles. The van der Waals surface area contributed by atoms with Crippen LogP contribution in [0, 0.1) is 16.0 Å². The first-order valence-electron chi connectivity index (χ1n) is 7.45. The van der Waals surface area contributed by atoms with E-state index in [1.807, 2.05) is 0 Å². The Bertz CT molecular complexity index is 827. The minimum Gasteiger partial charge on any atom is -0.493 e. The fraction of sp³-hybridized carbons (Fsp3) is 0.438. The lowest BCUT2D eigenvalue weighted by Gasteiger charge is -2.22. The number of aromatic amines is 1. The lowest BCUT2D eigenvalue weighted by Crippen LogP contribution is -2.27. The third kappa shape index (κ3) is 2.74. The second-order valence-electron chi connectivity index (χ2n) is 5.79. The Morgan fingerprint density at radius 3 is 2.65 bits per heavy atom. The van der Waals surface area contributed by atoms with E-state index in [4.69, 9.17) is 9.47 Å². The van der Waals surface area contributed by atoms with Crippen LogP contribution in [0.15, 0.2) is 16.9 Å². The van der Waals surface area contributed by atoms with E-state index in [1.54, 1.807) is 12.1 Å². The van der Waals surface area contributed by atoms with Gasteiger partial charge in [-0.05, 0) is 25.3 Å². The van der Waals surface area contributed by atoms with Gasteiger partial charge in [0, 0.05) is 33.6 Å². The molecule has 1 aromatic carbocycles. The summed E-state index contributed by atoms with van der Waals surface area (Å²) < 4.78 is 10.5. The quantitative estimate of drug-likeness (QED) is 0.686. The van der Waals surface area contributed by atoms with Crippen LogP contribution in [0.5, 0.6) is 11.5 Å². The Morgan fingerprint density at radius 1 is 1.30 bits per heavy atom. The zero-order valence-electron chi connectivity index (χ0n) is 13.0. The van der Waals surface area contributed by atoms with Crippen molar-refractivity contribution in [2.75, 3.05) is 20.8 Å². The summed E-state index contributed by atoms with van der Waals surface area (Å²) in [6, 6.07) is 3.41. The molecule has 0 spiro atoms. The summed E-state index contributed by atoms with van der Waals surface area (Å²) in [5.74, 6) is 1.01. The number of nitrogens with zero attached hydrogens (tertiary/aromatic N) is 1. The highest BCUT2D eigenvalue weighted by Gasteiger charge is 2.26. The maximum absolute atomic E-state index is 12.7. The molecule has 3 rings (SSSR count). The van der Waals surface area contributed by atoms with Gasteiger partial charge in [0.2, 0.25) is 6.54 Å². The minimum atomic E-state index is -0.289. The predicted molar refractivity (Wildman–Crippen MR) is 85.0 cm³/mol. The lowest BCUT2D eigenvalue weighted by atomic mass is 9.86. The molecule has 0 saturated carbocycles. The van der Waals surface area contributed by atoms with Gasteiger partial charge in [-0.3, -0.25) is 14.9 Å². The molecule has 7 heteroatoms. The van der Waals surface area contributed by atoms with Gasteiger partial charge in [-0.15, -0.1) is 0 Å². The van der Waals surface area contributed by atoms with Crippen LogP contribution in [0.25, 0.3) is 10.9 Å². The highest BCUT2D eigenvalue weighted by molar-refractivity contribution is 5.83. The number of rotatable bonds is 4. The number of hydrogen-bond donors (Lipinski definition) is 1. The highest BCUT2D eigenvalue weighted by Crippen LogP contribution is 2.32. The van der Waals surface area contributed by atoms with Crippen LogP contribution in [-0.4, -0.2) is 30.7 Å². The standard InChI is InChI=1S/C16H18N2O5/c1-22-14-6-11-13(7-15(14)23-2)17-12-5-9(8-18(20)21)3-4-10(12)16(11)19/h6-7,9H,3-5,8H2,1-2H3,(H,17,19). The molecule has 1 atom stereocenters. The van der Waals surface area contributed by atoms with Gasteiger partial charge in [0.25, 0.3) is 0 Å². The molecule has 0 fully saturated rings. The van der Waals surface area contributed by atoms with Crippen LogP contribution in [-0.2, 0) is 12.8 Å². The number of methoxy groups -OCH3 is 2. The molecule has 2 aromatic rings. The molecule has 1 aromatic heterocycles. The SMILES string of the molecule is COc1cc2[nH]c3c(c(=O)c2cc1OC)CCC(C[N+](=O)[O-])C3. The van der Waals surface area contributed by atoms with Crippen molar-refractivity contribution in [3.8, 4) is 11.5 Å². The number of nitrogens with one attached hydrogen (secondary N) is 1. The molecule has 23 heavy (non-hydrogen) atoms. The Morgan fingerprint density at radius 2 is 2.00 bits per heavy atom. The Balaban J connectivity index is 2.11. The molecule has 1 unspecified atom stereocenters. The van der Waals surface area contributed by atoms with Gasteiger partial charge in [-0.25, -0.2) is 0 Å². The van der Waals surface area contributed by atoms with Crippen LogP contribution in [0.1, 0.15) is 17.7 Å². The highest BCUT2D eigenvalue weighted by atomic mass is 16.6. The van der Waals surface area contributed by atoms with E-state index in [2.05, 4.69) is 4.98 Å². The molecule has 1 N–H and O–H groups in total. The third-order valence-corrected chi connectivity index (χ3v) is 4.39. The van der Waals surface area contributed by atoms with Crippen molar-refractivity contribution in [1.29, 1.82) is 0 Å². The maximum atomic E-state index is 12.7. The van der Waals surface area contributed by atoms with Gasteiger partial charge in [-0.2, -0.15) is 0 Å². The maximum Gasteiger partial charge on any atom is 0.207 e. The number of aromatic nitrogens is 1. The number of ether oxygens (including phenoxy) is 2. The molecule has 7 nitrogen and oxygen atoms in total. The monoisotopic (exact) mass is 318 g/mol. The second-order valence-corrected chi connectivity index (χ2v) is 5.79.